The molecule has 0 bridgehead atoms. The Kier molecular flexibility index (Phi) is 3.83. The van der Waals surface area contributed by atoms with Gasteiger partial charge in [-0.1, -0.05) is 0 Å². The lowest BCUT2D eigenvalue weighted by Gasteiger charge is -2.03. The predicted octanol–water partition coefficient (Wildman–Crippen LogP) is 2.34. The molecule has 9 nitrogen and oxygen atoms in total. The number of hydrogen-bond acceptors (Lipinski definition) is 7. The molecule has 0 fully saturated rings. The van der Waals surface area contributed by atoms with Gasteiger partial charge < -0.3 is 9.15 Å². The number of hydrogen-bond donors (Lipinski definition) is 0. The third kappa shape index (κ3) is 3.07. The lowest BCUT2D eigenvalue weighted by Crippen LogP contribution is -1.93. The van der Waals surface area contributed by atoms with Crippen molar-refractivity contribution in [2.24, 2.45) is 5.10 Å². The average molecular weight is 313 g/mol. The van der Waals surface area contributed by atoms with Gasteiger partial charge in [0.25, 0.3) is 5.69 Å². The molecular weight excluding hydrogens is 302 g/mol. The van der Waals surface area contributed by atoms with E-state index in [0.717, 1.165) is 0 Å². The van der Waals surface area contributed by atoms with Crippen LogP contribution in [0.2, 0.25) is 0 Å². The summed E-state index contributed by atoms with van der Waals surface area (Å²) >= 11 is 0. The van der Waals surface area contributed by atoms with Crippen molar-refractivity contribution >= 4 is 11.9 Å². The number of nitro benzene ring substituents is 1. The van der Waals surface area contributed by atoms with Gasteiger partial charge in [0, 0.05) is 0 Å². The Labute approximate surface area is 130 Å². The van der Waals surface area contributed by atoms with Crippen LogP contribution in [0.1, 0.15) is 5.76 Å². The van der Waals surface area contributed by atoms with Gasteiger partial charge in [-0.2, -0.15) is 5.10 Å². The molecule has 0 saturated carbocycles. The van der Waals surface area contributed by atoms with Crippen molar-refractivity contribution in [3.63, 3.8) is 0 Å². The zero-order valence-electron chi connectivity index (χ0n) is 12.0. The molecule has 2 aromatic heterocycles. The van der Waals surface area contributed by atoms with Crippen LogP contribution in [-0.2, 0) is 0 Å². The van der Waals surface area contributed by atoms with Crippen molar-refractivity contribution in [1.82, 2.24) is 14.9 Å². The van der Waals surface area contributed by atoms with Gasteiger partial charge >= 0.3 is 0 Å². The molecule has 3 rings (SSSR count). The number of furan rings is 1. The first-order valence-corrected chi connectivity index (χ1v) is 6.49. The third-order valence-corrected chi connectivity index (χ3v) is 3.02. The Balaban J connectivity index is 1.92. The summed E-state index contributed by atoms with van der Waals surface area (Å²) in [6.07, 6.45) is 4.31. The largest absolute Gasteiger partial charge is 0.497 e. The van der Waals surface area contributed by atoms with Crippen molar-refractivity contribution < 1.29 is 14.1 Å². The molecule has 23 heavy (non-hydrogen) atoms. The van der Waals surface area contributed by atoms with Gasteiger partial charge in [0.2, 0.25) is 0 Å². The van der Waals surface area contributed by atoms with Gasteiger partial charge in [-0.3, -0.25) is 10.1 Å². The molecule has 0 saturated heterocycles. The highest BCUT2D eigenvalue weighted by atomic mass is 16.6. The molecule has 116 valence electrons. The molecular formula is C14H11N5O4. The molecule has 3 aromatic rings. The van der Waals surface area contributed by atoms with Crippen LogP contribution in [0.3, 0.4) is 0 Å². The van der Waals surface area contributed by atoms with Crippen LogP contribution in [0.5, 0.6) is 5.75 Å². The van der Waals surface area contributed by atoms with Crippen LogP contribution in [0.25, 0.3) is 11.3 Å². The van der Waals surface area contributed by atoms with Crippen molar-refractivity contribution in [1.29, 1.82) is 0 Å². The molecule has 9 heteroatoms. The maximum absolute atomic E-state index is 11.2. The van der Waals surface area contributed by atoms with Crippen LogP contribution in [0.4, 0.5) is 5.69 Å². The Morgan fingerprint density at radius 3 is 2.78 bits per heavy atom. The van der Waals surface area contributed by atoms with Crippen molar-refractivity contribution in [3.8, 4) is 17.1 Å². The highest BCUT2D eigenvalue weighted by Gasteiger charge is 2.19. The van der Waals surface area contributed by atoms with Crippen LogP contribution in [0.15, 0.2) is 52.5 Å². The van der Waals surface area contributed by atoms with E-state index in [9.17, 15) is 10.1 Å². The van der Waals surface area contributed by atoms with E-state index in [4.69, 9.17) is 9.15 Å². The lowest BCUT2D eigenvalue weighted by atomic mass is 10.1. The van der Waals surface area contributed by atoms with Gasteiger partial charge in [0.15, 0.2) is 0 Å². The highest BCUT2D eigenvalue weighted by Crippen LogP contribution is 2.33. The van der Waals surface area contributed by atoms with E-state index in [2.05, 4.69) is 15.3 Å². The summed E-state index contributed by atoms with van der Waals surface area (Å²) in [7, 11) is 1.45. The molecule has 0 aliphatic rings. The van der Waals surface area contributed by atoms with Crippen LogP contribution in [0, 0.1) is 10.1 Å². The first kappa shape index (κ1) is 14.4. The first-order chi connectivity index (χ1) is 11.2. The van der Waals surface area contributed by atoms with Crippen LogP contribution in [-0.4, -0.2) is 33.1 Å². The number of methoxy groups -OCH3 is 1. The summed E-state index contributed by atoms with van der Waals surface area (Å²) < 4.78 is 12.0. The Bertz CT molecular complexity index is 854. The number of ether oxygens (including phenoxy) is 1. The minimum atomic E-state index is -0.481. The molecule has 2 heterocycles. The van der Waals surface area contributed by atoms with Gasteiger partial charge in [0.05, 0.1) is 29.9 Å². The number of nitrogens with zero attached hydrogens (tertiary/aromatic N) is 5. The fourth-order valence-corrected chi connectivity index (χ4v) is 1.94. The van der Waals surface area contributed by atoms with E-state index < -0.39 is 4.92 Å². The predicted molar refractivity (Wildman–Crippen MR) is 80.4 cm³/mol. The molecule has 0 aliphatic carbocycles. The Morgan fingerprint density at radius 1 is 1.30 bits per heavy atom. The summed E-state index contributed by atoms with van der Waals surface area (Å²) in [6.45, 7) is 0. The normalized spacial score (nSPS) is 11.0. The van der Waals surface area contributed by atoms with Gasteiger partial charge in [-0.15, -0.1) is 10.2 Å². The molecule has 1 aromatic carbocycles. The molecule has 0 N–H and O–H groups in total. The third-order valence-electron chi connectivity index (χ3n) is 3.02. The summed E-state index contributed by atoms with van der Waals surface area (Å²) in [5.74, 6) is 1.21. The Morgan fingerprint density at radius 2 is 2.09 bits per heavy atom. The van der Waals surface area contributed by atoms with E-state index in [-0.39, 0.29) is 5.69 Å². The maximum Gasteiger partial charge on any atom is 0.284 e. The molecule has 0 radical (unpaired) electrons. The number of nitro groups is 1. The van der Waals surface area contributed by atoms with Crippen LogP contribution < -0.4 is 4.74 Å². The second-order valence-electron chi connectivity index (χ2n) is 4.43. The lowest BCUT2D eigenvalue weighted by molar-refractivity contribution is -0.384. The van der Waals surface area contributed by atoms with E-state index in [1.165, 1.54) is 36.7 Å². The van der Waals surface area contributed by atoms with Crippen molar-refractivity contribution in [2.45, 2.75) is 0 Å². The SMILES string of the molecule is COc1ccc(-c2ccc(/C=N/n3cnnc3)o2)c([N+](=O)[O-])c1. The van der Waals surface area contributed by atoms with Crippen molar-refractivity contribution in [3.05, 3.63) is 58.9 Å². The second kappa shape index (κ2) is 6.10. The van der Waals surface area contributed by atoms with Crippen molar-refractivity contribution in [2.75, 3.05) is 7.11 Å². The minimum Gasteiger partial charge on any atom is -0.497 e. The van der Waals surface area contributed by atoms with E-state index in [1.807, 2.05) is 0 Å². The smallest absolute Gasteiger partial charge is 0.284 e. The van der Waals surface area contributed by atoms with Gasteiger partial charge in [-0.25, -0.2) is 4.68 Å². The molecule has 0 unspecified atom stereocenters. The first-order valence-electron chi connectivity index (χ1n) is 6.49. The number of aromatic nitrogens is 3. The molecule has 0 spiro atoms. The van der Waals surface area contributed by atoms with Crippen LogP contribution >= 0.6 is 0 Å². The fraction of sp³-hybridized carbons (Fsp3) is 0.0714. The standard InChI is InChI=1S/C14H11N5O4/c1-22-10-2-4-12(13(6-10)19(20)21)14-5-3-11(23-14)7-17-18-8-15-16-9-18/h2-9H,1H3/b17-7+. The van der Waals surface area contributed by atoms with E-state index >= 15 is 0 Å². The number of rotatable bonds is 5. The topological polar surface area (TPSA) is 109 Å². The van der Waals surface area contributed by atoms with E-state index in [1.54, 1.807) is 24.3 Å². The summed E-state index contributed by atoms with van der Waals surface area (Å²) in [5.41, 5.74) is 0.265. The zero-order chi connectivity index (χ0) is 16.2. The minimum absolute atomic E-state index is 0.0963. The van der Waals surface area contributed by atoms with E-state index in [0.29, 0.717) is 22.8 Å². The number of benzene rings is 1. The van der Waals surface area contributed by atoms with Gasteiger partial charge in [0.1, 0.15) is 29.9 Å². The molecule has 0 atom stereocenters. The Hall–Kier alpha value is -3.49. The quantitative estimate of drug-likeness (QED) is 0.406. The summed E-state index contributed by atoms with van der Waals surface area (Å²) in [5, 5.41) is 22.5. The highest BCUT2D eigenvalue weighted by molar-refractivity contribution is 5.79. The zero-order valence-corrected chi connectivity index (χ0v) is 12.0. The fourth-order valence-electron chi connectivity index (χ4n) is 1.94. The van der Waals surface area contributed by atoms with Gasteiger partial charge in [-0.05, 0) is 24.3 Å². The monoisotopic (exact) mass is 313 g/mol. The molecule has 0 amide bonds. The summed E-state index contributed by atoms with van der Waals surface area (Å²) in [6, 6.07) is 7.87. The second-order valence-corrected chi connectivity index (χ2v) is 4.43. The summed E-state index contributed by atoms with van der Waals surface area (Å²) in [4.78, 5) is 10.7. The average Bonchev–Trinajstić information content (AvgIpc) is 3.23. The maximum atomic E-state index is 11.2. The molecule has 0 aliphatic heterocycles.